The Morgan fingerprint density at radius 2 is 2.00 bits per heavy atom. The number of nitrogens with one attached hydrogen (secondary N) is 2. The molecule has 92 valence electrons. The van der Waals surface area contributed by atoms with E-state index in [2.05, 4.69) is 15.4 Å². The Morgan fingerprint density at radius 1 is 1.44 bits per heavy atom. The molecule has 0 heterocycles. The topological polar surface area (TPSA) is 93.4 Å². The predicted molar refractivity (Wildman–Crippen MR) is 58.8 cm³/mol. The first-order chi connectivity index (χ1) is 7.37. The largest absolute Gasteiger partial charge is 0.468 e. The van der Waals surface area contributed by atoms with Crippen molar-refractivity contribution in [3.8, 4) is 0 Å². The molecule has 1 aliphatic rings. The third-order valence-electron chi connectivity index (χ3n) is 2.57. The molecule has 0 spiro atoms. The van der Waals surface area contributed by atoms with Gasteiger partial charge in [0.15, 0.2) is 0 Å². The Labute approximate surface area is 94.9 Å². The summed E-state index contributed by atoms with van der Waals surface area (Å²) < 4.78 is 4.58. The first-order valence-electron chi connectivity index (χ1n) is 5.31. The second-order valence-electron chi connectivity index (χ2n) is 4.53. The molecule has 16 heavy (non-hydrogen) atoms. The quantitative estimate of drug-likeness (QED) is 0.580. The van der Waals surface area contributed by atoms with Crippen LogP contribution in [-0.2, 0) is 9.53 Å². The zero-order valence-electron chi connectivity index (χ0n) is 9.87. The average molecular weight is 229 g/mol. The van der Waals surface area contributed by atoms with Crippen molar-refractivity contribution < 1.29 is 14.3 Å². The SMILES string of the molecule is COC(=O)C1(N)CC(NC(=O)NC(C)C)C1. The van der Waals surface area contributed by atoms with Gasteiger partial charge in [-0.2, -0.15) is 0 Å². The van der Waals surface area contributed by atoms with Crippen LogP contribution in [0.5, 0.6) is 0 Å². The lowest BCUT2D eigenvalue weighted by molar-refractivity contribution is -0.151. The zero-order valence-corrected chi connectivity index (χ0v) is 9.87. The van der Waals surface area contributed by atoms with Crippen LogP contribution in [0.4, 0.5) is 4.79 Å². The molecule has 0 aromatic carbocycles. The number of amides is 2. The molecule has 0 atom stereocenters. The summed E-state index contributed by atoms with van der Waals surface area (Å²) >= 11 is 0. The molecule has 2 amide bonds. The Kier molecular flexibility index (Phi) is 3.74. The summed E-state index contributed by atoms with van der Waals surface area (Å²) in [5.74, 6) is -0.421. The minimum Gasteiger partial charge on any atom is -0.468 e. The molecule has 1 saturated carbocycles. The summed E-state index contributed by atoms with van der Waals surface area (Å²) in [6.45, 7) is 3.75. The van der Waals surface area contributed by atoms with E-state index in [0.29, 0.717) is 12.8 Å². The summed E-state index contributed by atoms with van der Waals surface area (Å²) in [5, 5.41) is 5.45. The molecular formula is C10H19N3O3. The van der Waals surface area contributed by atoms with Gasteiger partial charge in [-0.05, 0) is 26.7 Å². The molecule has 4 N–H and O–H groups in total. The number of ether oxygens (including phenoxy) is 1. The number of urea groups is 1. The maximum absolute atomic E-state index is 11.3. The highest BCUT2D eigenvalue weighted by atomic mass is 16.5. The minimum absolute atomic E-state index is 0.0529. The molecule has 0 unspecified atom stereocenters. The van der Waals surface area contributed by atoms with E-state index in [9.17, 15) is 9.59 Å². The molecular weight excluding hydrogens is 210 g/mol. The van der Waals surface area contributed by atoms with Crippen molar-refractivity contribution in [3.05, 3.63) is 0 Å². The van der Waals surface area contributed by atoms with Gasteiger partial charge < -0.3 is 21.1 Å². The van der Waals surface area contributed by atoms with Gasteiger partial charge in [0.2, 0.25) is 0 Å². The van der Waals surface area contributed by atoms with Crippen LogP contribution in [0.2, 0.25) is 0 Å². The summed E-state index contributed by atoms with van der Waals surface area (Å²) in [6.07, 6.45) is 0.844. The summed E-state index contributed by atoms with van der Waals surface area (Å²) in [6, 6.07) is -0.196. The lowest BCUT2D eigenvalue weighted by Crippen LogP contribution is -2.65. The maximum Gasteiger partial charge on any atom is 0.325 e. The van der Waals surface area contributed by atoms with Gasteiger partial charge in [0.25, 0.3) is 0 Å². The number of esters is 1. The van der Waals surface area contributed by atoms with Gasteiger partial charge in [-0.15, -0.1) is 0 Å². The summed E-state index contributed by atoms with van der Waals surface area (Å²) in [4.78, 5) is 22.6. The van der Waals surface area contributed by atoms with Gasteiger partial charge in [-0.1, -0.05) is 0 Å². The van der Waals surface area contributed by atoms with Crippen LogP contribution in [0, 0.1) is 0 Å². The zero-order chi connectivity index (χ0) is 12.3. The van der Waals surface area contributed by atoms with E-state index in [4.69, 9.17) is 5.73 Å². The molecule has 6 nitrogen and oxygen atoms in total. The average Bonchev–Trinajstić information content (AvgIpc) is 2.12. The molecule has 1 aliphatic carbocycles. The Morgan fingerprint density at radius 3 is 2.44 bits per heavy atom. The first kappa shape index (κ1) is 12.8. The molecule has 0 aliphatic heterocycles. The van der Waals surface area contributed by atoms with Crippen LogP contribution < -0.4 is 16.4 Å². The number of methoxy groups -OCH3 is 1. The van der Waals surface area contributed by atoms with E-state index in [0.717, 1.165) is 0 Å². The highest BCUT2D eigenvalue weighted by molar-refractivity contribution is 5.83. The van der Waals surface area contributed by atoms with Gasteiger partial charge >= 0.3 is 12.0 Å². The number of hydrogen-bond donors (Lipinski definition) is 3. The molecule has 6 heteroatoms. The van der Waals surface area contributed by atoms with E-state index in [1.165, 1.54) is 7.11 Å². The van der Waals surface area contributed by atoms with Gasteiger partial charge in [0, 0.05) is 12.1 Å². The standard InChI is InChI=1S/C10H19N3O3/c1-6(2)12-9(15)13-7-4-10(11,5-7)8(14)16-3/h6-7H,4-5,11H2,1-3H3,(H2,12,13,15). The summed E-state index contributed by atoms with van der Waals surface area (Å²) in [7, 11) is 1.31. The van der Waals surface area contributed by atoms with Crippen LogP contribution in [0.25, 0.3) is 0 Å². The second kappa shape index (κ2) is 4.69. The van der Waals surface area contributed by atoms with E-state index in [1.54, 1.807) is 0 Å². The van der Waals surface area contributed by atoms with Crippen LogP contribution in [0.3, 0.4) is 0 Å². The van der Waals surface area contributed by atoms with E-state index in [-0.39, 0.29) is 18.1 Å². The second-order valence-corrected chi connectivity index (χ2v) is 4.53. The Bertz CT molecular complexity index is 285. The van der Waals surface area contributed by atoms with Gasteiger partial charge in [0.1, 0.15) is 5.54 Å². The normalized spacial score (nSPS) is 28.2. The molecule has 0 aromatic heterocycles. The third-order valence-corrected chi connectivity index (χ3v) is 2.57. The Balaban J connectivity index is 2.31. The predicted octanol–water partition coefficient (Wildman–Crippen LogP) is -0.273. The van der Waals surface area contributed by atoms with Crippen LogP contribution in [0.15, 0.2) is 0 Å². The van der Waals surface area contributed by atoms with Crippen molar-refractivity contribution in [1.82, 2.24) is 10.6 Å². The summed E-state index contributed by atoms with van der Waals surface area (Å²) in [5.41, 5.74) is 4.85. The number of nitrogens with two attached hydrogens (primary N) is 1. The van der Waals surface area contributed by atoms with Crippen LogP contribution in [0.1, 0.15) is 26.7 Å². The number of rotatable bonds is 3. The molecule has 1 fully saturated rings. The van der Waals surface area contributed by atoms with Crippen LogP contribution in [-0.4, -0.2) is 36.7 Å². The number of carbonyl (C=O) groups is 2. The molecule has 0 saturated heterocycles. The number of carbonyl (C=O) groups excluding carboxylic acids is 2. The van der Waals surface area contributed by atoms with Crippen molar-refractivity contribution >= 4 is 12.0 Å². The lowest BCUT2D eigenvalue weighted by Gasteiger charge is -2.42. The highest BCUT2D eigenvalue weighted by Gasteiger charge is 2.48. The fraction of sp³-hybridized carbons (Fsp3) is 0.800. The van der Waals surface area contributed by atoms with Crippen molar-refractivity contribution in [2.45, 2.75) is 44.3 Å². The van der Waals surface area contributed by atoms with Crippen molar-refractivity contribution in [1.29, 1.82) is 0 Å². The fourth-order valence-electron chi connectivity index (χ4n) is 1.78. The minimum atomic E-state index is -0.926. The first-order valence-corrected chi connectivity index (χ1v) is 5.31. The lowest BCUT2D eigenvalue weighted by atomic mass is 9.73. The highest BCUT2D eigenvalue weighted by Crippen LogP contribution is 2.30. The van der Waals surface area contributed by atoms with Crippen molar-refractivity contribution in [2.24, 2.45) is 5.73 Å². The van der Waals surface area contributed by atoms with Crippen molar-refractivity contribution in [2.75, 3.05) is 7.11 Å². The molecule has 0 aromatic rings. The van der Waals surface area contributed by atoms with E-state index in [1.807, 2.05) is 13.8 Å². The number of hydrogen-bond acceptors (Lipinski definition) is 4. The fourth-order valence-corrected chi connectivity index (χ4v) is 1.78. The van der Waals surface area contributed by atoms with Crippen LogP contribution >= 0.6 is 0 Å². The van der Waals surface area contributed by atoms with E-state index < -0.39 is 11.5 Å². The molecule has 0 bridgehead atoms. The Hall–Kier alpha value is -1.30. The maximum atomic E-state index is 11.3. The smallest absolute Gasteiger partial charge is 0.325 e. The van der Waals surface area contributed by atoms with Gasteiger partial charge in [-0.25, -0.2) is 4.79 Å². The van der Waals surface area contributed by atoms with E-state index >= 15 is 0 Å². The third kappa shape index (κ3) is 2.85. The molecule has 0 radical (unpaired) electrons. The van der Waals surface area contributed by atoms with Gasteiger partial charge in [0.05, 0.1) is 7.11 Å². The monoisotopic (exact) mass is 229 g/mol. The van der Waals surface area contributed by atoms with Crippen molar-refractivity contribution in [3.63, 3.8) is 0 Å². The van der Waals surface area contributed by atoms with Gasteiger partial charge in [-0.3, -0.25) is 4.79 Å². The molecule has 1 rings (SSSR count).